The van der Waals surface area contributed by atoms with Gasteiger partial charge < -0.3 is 14.2 Å². The zero-order chi connectivity index (χ0) is 20.5. The smallest absolute Gasteiger partial charge is 0.328 e. The zero-order valence-electron chi connectivity index (χ0n) is 17.8. The highest BCUT2D eigenvalue weighted by atomic mass is 31.2. The minimum atomic E-state index is -3.41. The summed E-state index contributed by atoms with van der Waals surface area (Å²) in [4.78, 5) is 20.9. The number of allylic oxidation sites excluding steroid dienone is 2. The van der Waals surface area contributed by atoms with Gasteiger partial charge in [-0.15, -0.1) is 0 Å². The Morgan fingerprint density at radius 3 is 2.14 bits per heavy atom. The first-order valence-corrected chi connectivity index (χ1v) is 13.1. The van der Waals surface area contributed by atoms with Crippen LogP contribution in [0.5, 0.6) is 0 Å². The number of hydrogen-bond donors (Lipinski definition) is 1. The van der Waals surface area contributed by atoms with E-state index in [1.54, 1.807) is 0 Å². The van der Waals surface area contributed by atoms with Crippen LogP contribution in [-0.2, 0) is 18.6 Å². The number of carbonyl (C=O) groups is 1. The van der Waals surface area contributed by atoms with E-state index in [1.165, 1.54) is 57.8 Å². The van der Waals surface area contributed by atoms with Crippen molar-refractivity contribution in [2.45, 2.75) is 109 Å². The molecule has 0 aromatic carbocycles. The highest BCUT2D eigenvalue weighted by Gasteiger charge is 2.33. The number of carbonyl (C=O) groups excluding carboxylic acids is 1. The molecule has 1 heterocycles. The summed E-state index contributed by atoms with van der Waals surface area (Å²) in [6.07, 6.45) is 21.3. The van der Waals surface area contributed by atoms with Crippen LogP contribution in [-0.4, -0.2) is 29.7 Å². The van der Waals surface area contributed by atoms with E-state index in [0.29, 0.717) is 12.8 Å². The molecule has 0 radical (unpaired) electrons. The predicted molar refractivity (Wildman–Crippen MR) is 115 cm³/mol. The van der Waals surface area contributed by atoms with Gasteiger partial charge in [0, 0.05) is 6.42 Å². The summed E-state index contributed by atoms with van der Waals surface area (Å²) in [6, 6.07) is 0. The number of unbranched alkanes of at least 4 members (excludes halogenated alkanes) is 11. The van der Waals surface area contributed by atoms with Gasteiger partial charge in [-0.05, 0) is 38.5 Å². The number of rotatable bonds is 17. The molecular weight excluding hydrogens is 375 g/mol. The largest absolute Gasteiger partial charge is 0.463 e. The van der Waals surface area contributed by atoms with Gasteiger partial charge in [0.1, 0.15) is 12.7 Å². The average molecular weight is 417 g/mol. The van der Waals surface area contributed by atoms with E-state index in [1.807, 2.05) is 0 Å². The summed E-state index contributed by atoms with van der Waals surface area (Å²) in [7, 11) is -3.41. The van der Waals surface area contributed by atoms with Crippen LogP contribution < -0.4 is 0 Å². The first-order chi connectivity index (χ1) is 13.5. The Labute approximate surface area is 171 Å². The third-order valence-corrected chi connectivity index (χ3v) is 6.57. The van der Waals surface area contributed by atoms with Crippen LogP contribution >= 0.6 is 7.60 Å². The third kappa shape index (κ3) is 14.4. The van der Waals surface area contributed by atoms with Gasteiger partial charge in [0.25, 0.3) is 0 Å². The molecule has 1 N–H and O–H groups in total. The fraction of sp³-hybridized carbons (Fsp3) is 0.864. The van der Waals surface area contributed by atoms with Crippen molar-refractivity contribution >= 4 is 13.6 Å². The van der Waals surface area contributed by atoms with Gasteiger partial charge in [-0.2, -0.15) is 0 Å². The lowest BCUT2D eigenvalue weighted by Crippen LogP contribution is -2.17. The molecule has 0 aromatic heterocycles. The quantitative estimate of drug-likeness (QED) is 0.126. The SMILES string of the molecule is CCCCCCCC/C=C\CCCCCCCC(=O)OCC1CCP(=O)(O)O1. The minimum Gasteiger partial charge on any atom is -0.463 e. The summed E-state index contributed by atoms with van der Waals surface area (Å²) in [6.45, 7) is 2.35. The summed E-state index contributed by atoms with van der Waals surface area (Å²) >= 11 is 0. The minimum absolute atomic E-state index is 0.0917. The fourth-order valence-corrected chi connectivity index (χ4v) is 4.71. The molecule has 28 heavy (non-hydrogen) atoms. The van der Waals surface area contributed by atoms with Crippen LogP contribution in [0.3, 0.4) is 0 Å². The lowest BCUT2D eigenvalue weighted by Gasteiger charge is -2.10. The maximum atomic E-state index is 11.7. The first kappa shape index (κ1) is 25.4. The van der Waals surface area contributed by atoms with E-state index in [0.717, 1.165) is 25.7 Å². The Kier molecular flexibility index (Phi) is 14.7. The second-order valence-corrected chi connectivity index (χ2v) is 9.83. The lowest BCUT2D eigenvalue weighted by molar-refractivity contribution is -0.146. The van der Waals surface area contributed by atoms with Crippen molar-refractivity contribution in [3.05, 3.63) is 12.2 Å². The molecule has 1 saturated heterocycles. The Bertz CT molecular complexity index is 478. The van der Waals surface area contributed by atoms with Gasteiger partial charge in [-0.3, -0.25) is 9.36 Å². The van der Waals surface area contributed by atoms with Gasteiger partial charge in [0.05, 0.1) is 6.16 Å². The van der Waals surface area contributed by atoms with E-state index in [-0.39, 0.29) is 18.7 Å². The second-order valence-electron chi connectivity index (χ2n) is 7.89. The van der Waals surface area contributed by atoms with Crippen molar-refractivity contribution in [1.29, 1.82) is 0 Å². The molecule has 0 spiro atoms. The summed E-state index contributed by atoms with van der Waals surface area (Å²) in [5.74, 6) is -0.235. The Morgan fingerprint density at radius 1 is 1.00 bits per heavy atom. The maximum Gasteiger partial charge on any atom is 0.328 e. The van der Waals surface area contributed by atoms with Crippen molar-refractivity contribution in [3.8, 4) is 0 Å². The normalized spacial score (nSPS) is 22.1. The molecule has 1 aliphatic rings. The zero-order valence-corrected chi connectivity index (χ0v) is 18.7. The average Bonchev–Trinajstić information content (AvgIpc) is 3.02. The van der Waals surface area contributed by atoms with E-state index in [9.17, 15) is 14.3 Å². The summed E-state index contributed by atoms with van der Waals surface area (Å²) in [5, 5.41) is 0. The molecule has 2 atom stereocenters. The molecule has 1 fully saturated rings. The van der Waals surface area contributed by atoms with Crippen molar-refractivity contribution in [3.63, 3.8) is 0 Å². The molecule has 1 rings (SSSR count). The van der Waals surface area contributed by atoms with E-state index >= 15 is 0 Å². The van der Waals surface area contributed by atoms with Gasteiger partial charge in [-0.25, -0.2) is 0 Å². The highest BCUT2D eigenvalue weighted by molar-refractivity contribution is 7.53. The number of esters is 1. The first-order valence-electron chi connectivity index (χ1n) is 11.3. The standard InChI is InChI=1S/C22H41O5P/c1-2-3-4-5-6-7-8-9-10-11-12-13-14-15-16-17-22(23)26-20-21-18-19-28(24,25)27-21/h9-10,21H,2-8,11-20H2,1H3,(H,24,25)/b10-9-. The second kappa shape index (κ2) is 16.2. The summed E-state index contributed by atoms with van der Waals surface area (Å²) < 4.78 is 21.4. The van der Waals surface area contributed by atoms with Crippen LogP contribution in [0, 0.1) is 0 Å². The molecule has 0 bridgehead atoms. The summed E-state index contributed by atoms with van der Waals surface area (Å²) in [5.41, 5.74) is 0. The van der Waals surface area contributed by atoms with E-state index < -0.39 is 13.7 Å². The van der Waals surface area contributed by atoms with Crippen LogP contribution in [0.2, 0.25) is 0 Å². The molecule has 0 saturated carbocycles. The van der Waals surface area contributed by atoms with Crippen molar-refractivity contribution in [2.75, 3.05) is 12.8 Å². The molecule has 5 nitrogen and oxygen atoms in total. The molecule has 6 heteroatoms. The number of hydrogen-bond acceptors (Lipinski definition) is 4. The lowest BCUT2D eigenvalue weighted by atomic mass is 10.1. The van der Waals surface area contributed by atoms with Crippen molar-refractivity contribution in [2.24, 2.45) is 0 Å². The maximum absolute atomic E-state index is 11.7. The van der Waals surface area contributed by atoms with Gasteiger partial charge >= 0.3 is 13.6 Å². The predicted octanol–water partition coefficient (Wildman–Crippen LogP) is 6.54. The molecule has 0 amide bonds. The fourth-order valence-electron chi connectivity index (χ4n) is 3.36. The highest BCUT2D eigenvalue weighted by Crippen LogP contribution is 2.50. The van der Waals surface area contributed by atoms with Crippen LogP contribution in [0.4, 0.5) is 0 Å². The van der Waals surface area contributed by atoms with Crippen molar-refractivity contribution < 1.29 is 23.5 Å². The Balaban J connectivity index is 1.81. The van der Waals surface area contributed by atoms with Gasteiger partial charge in [-0.1, -0.05) is 70.4 Å². The molecule has 1 aliphatic heterocycles. The molecule has 164 valence electrons. The van der Waals surface area contributed by atoms with E-state index in [4.69, 9.17) is 9.26 Å². The van der Waals surface area contributed by atoms with Crippen molar-refractivity contribution in [1.82, 2.24) is 0 Å². The Morgan fingerprint density at radius 2 is 1.57 bits per heavy atom. The Hall–Kier alpha value is -0.640. The molecule has 2 unspecified atom stereocenters. The van der Waals surface area contributed by atoms with Gasteiger partial charge in [0.2, 0.25) is 0 Å². The third-order valence-electron chi connectivity index (χ3n) is 5.12. The van der Waals surface area contributed by atoms with Crippen LogP contribution in [0.25, 0.3) is 0 Å². The van der Waals surface area contributed by atoms with Crippen LogP contribution in [0.15, 0.2) is 12.2 Å². The molecule has 0 aromatic rings. The van der Waals surface area contributed by atoms with Gasteiger partial charge in [0.15, 0.2) is 0 Å². The monoisotopic (exact) mass is 416 g/mol. The topological polar surface area (TPSA) is 72.8 Å². The number of ether oxygens (including phenoxy) is 1. The molecular formula is C22H41O5P. The van der Waals surface area contributed by atoms with Crippen LogP contribution in [0.1, 0.15) is 103 Å². The van der Waals surface area contributed by atoms with E-state index in [2.05, 4.69) is 19.1 Å². The molecule has 0 aliphatic carbocycles.